The average Bonchev–Trinajstić information content (AvgIpc) is 3.24. The minimum atomic E-state index is -3.62. The molecule has 1 amide bonds. The summed E-state index contributed by atoms with van der Waals surface area (Å²) in [6.45, 7) is 7.54. The van der Waals surface area contributed by atoms with Gasteiger partial charge in [-0.25, -0.2) is 8.42 Å². The van der Waals surface area contributed by atoms with Crippen molar-refractivity contribution in [1.29, 1.82) is 0 Å². The van der Waals surface area contributed by atoms with E-state index in [1.807, 2.05) is 13.8 Å². The van der Waals surface area contributed by atoms with Gasteiger partial charge in [-0.05, 0) is 31.0 Å². The van der Waals surface area contributed by atoms with Crippen LogP contribution in [-0.4, -0.2) is 70.7 Å². The van der Waals surface area contributed by atoms with E-state index in [9.17, 15) is 13.2 Å². The molecule has 156 valence electrons. The van der Waals surface area contributed by atoms with E-state index in [4.69, 9.17) is 9.47 Å². The van der Waals surface area contributed by atoms with Crippen LogP contribution < -0.4 is 10.2 Å². The standard InChI is InChI=1S/C19H29N3O5S/c1-3-22(4-2)28(24,25)15-7-8-17(21-9-12-26-13-10-21)16(14-15)20-19(23)18-6-5-11-27-18/h7-8,14,18H,3-6,9-13H2,1-2H3,(H,20,23)/t18-/m0/s1. The van der Waals surface area contributed by atoms with Crippen LogP contribution in [0, 0.1) is 0 Å². The van der Waals surface area contributed by atoms with Crippen LogP contribution in [0.25, 0.3) is 0 Å². The molecule has 1 aromatic carbocycles. The summed E-state index contributed by atoms with van der Waals surface area (Å²) in [5, 5.41) is 2.91. The van der Waals surface area contributed by atoms with E-state index < -0.39 is 16.1 Å². The number of nitrogens with one attached hydrogen (secondary N) is 1. The van der Waals surface area contributed by atoms with Crippen molar-refractivity contribution in [1.82, 2.24) is 4.31 Å². The number of morpholine rings is 1. The molecule has 0 unspecified atom stereocenters. The van der Waals surface area contributed by atoms with Gasteiger partial charge in [0.15, 0.2) is 0 Å². The molecule has 1 N–H and O–H groups in total. The molecule has 3 rings (SSSR count). The van der Waals surface area contributed by atoms with Crippen LogP contribution in [0.4, 0.5) is 11.4 Å². The second-order valence-electron chi connectivity index (χ2n) is 6.86. The van der Waals surface area contributed by atoms with Crippen LogP contribution in [0.3, 0.4) is 0 Å². The maximum Gasteiger partial charge on any atom is 0.253 e. The van der Waals surface area contributed by atoms with Gasteiger partial charge in [0.25, 0.3) is 5.91 Å². The van der Waals surface area contributed by atoms with Crippen LogP contribution >= 0.6 is 0 Å². The largest absolute Gasteiger partial charge is 0.378 e. The van der Waals surface area contributed by atoms with E-state index in [1.165, 1.54) is 4.31 Å². The molecule has 1 aromatic rings. The van der Waals surface area contributed by atoms with Crippen LogP contribution in [0.2, 0.25) is 0 Å². The summed E-state index contributed by atoms with van der Waals surface area (Å²) in [5.74, 6) is -0.232. The third-order valence-corrected chi connectivity index (χ3v) is 7.19. The lowest BCUT2D eigenvalue weighted by atomic mass is 10.2. The molecular weight excluding hydrogens is 382 g/mol. The maximum absolute atomic E-state index is 12.9. The number of anilines is 2. The number of benzene rings is 1. The minimum absolute atomic E-state index is 0.177. The number of hydrogen-bond acceptors (Lipinski definition) is 6. The summed E-state index contributed by atoms with van der Waals surface area (Å²) in [6.07, 6.45) is 1.04. The van der Waals surface area contributed by atoms with Gasteiger partial charge >= 0.3 is 0 Å². The Balaban J connectivity index is 1.94. The summed E-state index contributed by atoms with van der Waals surface area (Å²) in [6, 6.07) is 4.94. The lowest BCUT2D eigenvalue weighted by molar-refractivity contribution is -0.124. The van der Waals surface area contributed by atoms with Gasteiger partial charge in [-0.15, -0.1) is 0 Å². The van der Waals surface area contributed by atoms with E-state index in [0.29, 0.717) is 58.1 Å². The molecule has 2 aliphatic rings. The first kappa shape index (κ1) is 21.0. The van der Waals surface area contributed by atoms with Crippen molar-refractivity contribution in [3.8, 4) is 0 Å². The number of hydrogen-bond donors (Lipinski definition) is 1. The van der Waals surface area contributed by atoms with Crippen molar-refractivity contribution in [2.45, 2.75) is 37.7 Å². The van der Waals surface area contributed by atoms with Crippen LogP contribution in [0.15, 0.2) is 23.1 Å². The van der Waals surface area contributed by atoms with Crippen LogP contribution in [0.5, 0.6) is 0 Å². The van der Waals surface area contributed by atoms with Gasteiger partial charge in [0.2, 0.25) is 10.0 Å². The summed E-state index contributed by atoms with van der Waals surface area (Å²) >= 11 is 0. The molecule has 8 nitrogen and oxygen atoms in total. The number of nitrogens with zero attached hydrogens (tertiary/aromatic N) is 2. The van der Waals surface area contributed by atoms with Gasteiger partial charge in [-0.1, -0.05) is 13.8 Å². The molecule has 0 saturated carbocycles. The highest BCUT2D eigenvalue weighted by Crippen LogP contribution is 2.31. The summed E-state index contributed by atoms with van der Waals surface area (Å²) < 4.78 is 38.1. The van der Waals surface area contributed by atoms with Gasteiger partial charge in [0.05, 0.1) is 29.5 Å². The molecule has 0 bridgehead atoms. The van der Waals surface area contributed by atoms with Gasteiger partial charge in [0.1, 0.15) is 6.10 Å². The fraction of sp³-hybridized carbons (Fsp3) is 0.632. The highest BCUT2D eigenvalue weighted by molar-refractivity contribution is 7.89. The van der Waals surface area contributed by atoms with E-state index in [2.05, 4.69) is 10.2 Å². The molecule has 0 spiro atoms. The fourth-order valence-corrected chi connectivity index (χ4v) is 5.05. The second-order valence-corrected chi connectivity index (χ2v) is 8.80. The molecule has 2 aliphatic heterocycles. The second kappa shape index (κ2) is 9.21. The van der Waals surface area contributed by atoms with E-state index >= 15 is 0 Å². The van der Waals surface area contributed by atoms with Crippen LogP contribution in [0.1, 0.15) is 26.7 Å². The van der Waals surface area contributed by atoms with Crippen molar-refractivity contribution >= 4 is 27.3 Å². The van der Waals surface area contributed by atoms with Crippen LogP contribution in [-0.2, 0) is 24.3 Å². The van der Waals surface area contributed by atoms with Crippen molar-refractivity contribution in [2.24, 2.45) is 0 Å². The van der Waals surface area contributed by atoms with E-state index in [-0.39, 0.29) is 10.8 Å². The lowest BCUT2D eigenvalue weighted by Crippen LogP contribution is -2.37. The highest BCUT2D eigenvalue weighted by Gasteiger charge is 2.27. The van der Waals surface area contributed by atoms with Gasteiger partial charge in [-0.3, -0.25) is 4.79 Å². The highest BCUT2D eigenvalue weighted by atomic mass is 32.2. The first-order valence-corrected chi connectivity index (χ1v) is 11.3. The van der Waals surface area contributed by atoms with Crippen molar-refractivity contribution in [2.75, 3.05) is 56.2 Å². The maximum atomic E-state index is 12.9. The topological polar surface area (TPSA) is 88.2 Å². The predicted molar refractivity (Wildman–Crippen MR) is 107 cm³/mol. The molecule has 9 heteroatoms. The van der Waals surface area contributed by atoms with E-state index in [0.717, 1.165) is 12.1 Å². The first-order chi connectivity index (χ1) is 13.5. The molecular formula is C19H29N3O5S. The number of carbonyl (C=O) groups excluding carboxylic acids is 1. The Kier molecular flexibility index (Phi) is 6.92. The number of ether oxygens (including phenoxy) is 2. The first-order valence-electron chi connectivity index (χ1n) is 9.86. The zero-order valence-electron chi connectivity index (χ0n) is 16.5. The number of carbonyl (C=O) groups is 1. The Hall–Kier alpha value is -1.68. The van der Waals surface area contributed by atoms with E-state index in [1.54, 1.807) is 18.2 Å². The zero-order chi connectivity index (χ0) is 20.1. The molecule has 1 atom stereocenters. The fourth-order valence-electron chi connectivity index (χ4n) is 3.57. The molecule has 2 fully saturated rings. The summed E-state index contributed by atoms with van der Waals surface area (Å²) in [5.41, 5.74) is 1.30. The minimum Gasteiger partial charge on any atom is -0.378 e. The Bertz CT molecular complexity index is 783. The van der Waals surface area contributed by atoms with Crippen molar-refractivity contribution in [3.63, 3.8) is 0 Å². The molecule has 0 radical (unpaired) electrons. The molecule has 28 heavy (non-hydrogen) atoms. The van der Waals surface area contributed by atoms with Crippen molar-refractivity contribution < 1.29 is 22.7 Å². The molecule has 2 heterocycles. The summed E-state index contributed by atoms with van der Waals surface area (Å²) in [7, 11) is -3.62. The zero-order valence-corrected chi connectivity index (χ0v) is 17.3. The smallest absolute Gasteiger partial charge is 0.253 e. The van der Waals surface area contributed by atoms with Gasteiger partial charge in [-0.2, -0.15) is 4.31 Å². The quantitative estimate of drug-likeness (QED) is 0.734. The summed E-state index contributed by atoms with van der Waals surface area (Å²) in [4.78, 5) is 14.9. The SMILES string of the molecule is CCN(CC)S(=O)(=O)c1ccc(N2CCOCC2)c(NC(=O)[C@@H]2CCCO2)c1. The average molecular weight is 412 g/mol. The number of rotatable bonds is 7. The molecule has 0 aliphatic carbocycles. The molecule has 2 saturated heterocycles. The Morgan fingerprint density at radius 3 is 2.54 bits per heavy atom. The van der Waals surface area contributed by atoms with Crippen molar-refractivity contribution in [3.05, 3.63) is 18.2 Å². The predicted octanol–water partition coefficient (Wildman–Crippen LogP) is 1.67. The Morgan fingerprint density at radius 2 is 1.93 bits per heavy atom. The third kappa shape index (κ3) is 4.48. The monoisotopic (exact) mass is 411 g/mol. The third-order valence-electron chi connectivity index (χ3n) is 5.14. The Labute approximate surface area is 166 Å². The van der Waals surface area contributed by atoms with Gasteiger partial charge < -0.3 is 19.7 Å². The number of amides is 1. The lowest BCUT2D eigenvalue weighted by Gasteiger charge is -2.31. The van der Waals surface area contributed by atoms with Gasteiger partial charge in [0, 0.05) is 32.8 Å². The number of sulfonamides is 1. The Morgan fingerprint density at radius 1 is 1.21 bits per heavy atom. The normalized spacial score (nSPS) is 20.5. The molecule has 0 aromatic heterocycles.